The molecule has 0 spiro atoms. The number of hydrogen-bond donors (Lipinski definition) is 1. The van der Waals surface area contributed by atoms with Crippen LogP contribution in [0, 0.1) is 5.82 Å². The summed E-state index contributed by atoms with van der Waals surface area (Å²) in [4.78, 5) is 41.5. The van der Waals surface area contributed by atoms with Crippen LogP contribution in [0.3, 0.4) is 0 Å². The van der Waals surface area contributed by atoms with Gasteiger partial charge in [0.2, 0.25) is 5.91 Å². The fourth-order valence-electron chi connectivity index (χ4n) is 5.22. The number of halogens is 1. The van der Waals surface area contributed by atoms with Gasteiger partial charge in [-0.05, 0) is 48.2 Å². The number of amidine groups is 1. The van der Waals surface area contributed by atoms with Gasteiger partial charge in [-0.1, -0.05) is 26.0 Å². The molecular weight excluding hydrogens is 507 g/mol. The molecule has 0 saturated carbocycles. The first-order chi connectivity index (χ1) is 19.3. The van der Waals surface area contributed by atoms with Crippen molar-refractivity contribution >= 4 is 35.5 Å². The normalized spacial score (nSPS) is 16.1. The van der Waals surface area contributed by atoms with Crippen molar-refractivity contribution in [1.82, 2.24) is 14.5 Å². The van der Waals surface area contributed by atoms with Gasteiger partial charge in [0.1, 0.15) is 23.5 Å². The molecule has 206 valence electrons. The zero-order chi connectivity index (χ0) is 28.4. The van der Waals surface area contributed by atoms with Gasteiger partial charge in [-0.3, -0.25) is 14.6 Å². The molecule has 1 unspecified atom stereocenters. The number of fused-ring (bicyclic) bond motifs is 2. The van der Waals surface area contributed by atoms with E-state index in [1.165, 1.54) is 6.07 Å². The molecule has 2 aromatic carbocycles. The second kappa shape index (κ2) is 11.4. The number of ketones is 1. The van der Waals surface area contributed by atoms with E-state index in [2.05, 4.69) is 15.0 Å². The molecule has 1 amide bonds. The van der Waals surface area contributed by atoms with Gasteiger partial charge in [-0.2, -0.15) is 0 Å². The summed E-state index contributed by atoms with van der Waals surface area (Å²) in [6, 6.07) is 8.05. The number of Topliss-reactive ketones (excluding diaryl/α,β-unsaturated/α-hetero) is 1. The minimum atomic E-state index is -0.532. The molecule has 1 aromatic heterocycles. The van der Waals surface area contributed by atoms with Crippen LogP contribution in [0.4, 0.5) is 10.1 Å². The van der Waals surface area contributed by atoms with Crippen molar-refractivity contribution in [3.05, 3.63) is 76.6 Å². The van der Waals surface area contributed by atoms with Crippen molar-refractivity contribution in [2.24, 2.45) is 22.8 Å². The Hall–Kier alpha value is -4.40. The number of carbonyl (C=O) groups is 2. The van der Waals surface area contributed by atoms with E-state index in [0.717, 1.165) is 24.2 Å². The van der Waals surface area contributed by atoms with Gasteiger partial charge in [-0.25, -0.2) is 14.4 Å². The van der Waals surface area contributed by atoms with E-state index in [1.54, 1.807) is 41.6 Å². The zero-order valence-corrected chi connectivity index (χ0v) is 23.0. The maximum Gasteiger partial charge on any atom is 0.250 e. The summed E-state index contributed by atoms with van der Waals surface area (Å²) in [6.45, 7) is 5.30. The fourth-order valence-corrected chi connectivity index (χ4v) is 5.22. The zero-order valence-electron chi connectivity index (χ0n) is 23.0. The van der Waals surface area contributed by atoms with E-state index >= 15 is 4.39 Å². The Labute approximate surface area is 233 Å². The lowest BCUT2D eigenvalue weighted by Crippen LogP contribution is -2.34. The van der Waals surface area contributed by atoms with E-state index < -0.39 is 11.9 Å². The predicted molar refractivity (Wildman–Crippen MR) is 155 cm³/mol. The molecule has 1 atom stereocenters. The fraction of sp³-hybridized carbons (Fsp3) is 0.323. The Morgan fingerprint density at radius 1 is 1.15 bits per heavy atom. The maximum atomic E-state index is 15.6. The van der Waals surface area contributed by atoms with Crippen LogP contribution in [0.1, 0.15) is 60.4 Å². The highest BCUT2D eigenvalue weighted by Gasteiger charge is 2.27. The summed E-state index contributed by atoms with van der Waals surface area (Å²) < 4.78 is 17.4. The van der Waals surface area contributed by atoms with Gasteiger partial charge >= 0.3 is 0 Å². The highest BCUT2D eigenvalue weighted by Crippen LogP contribution is 2.35. The third kappa shape index (κ3) is 5.36. The number of nitrogens with zero attached hydrogens (tertiary/aromatic N) is 5. The first kappa shape index (κ1) is 27.2. The Balaban J connectivity index is 1.45. The number of carbonyl (C=O) groups excluding carboxylic acids is 2. The first-order valence-corrected chi connectivity index (χ1v) is 13.6. The average Bonchev–Trinajstić information content (AvgIpc) is 3.25. The van der Waals surface area contributed by atoms with Crippen LogP contribution in [0.15, 0.2) is 58.3 Å². The number of nitrogens with two attached hydrogens (primary N) is 1. The molecule has 5 rings (SSSR count). The van der Waals surface area contributed by atoms with Crippen LogP contribution < -0.4 is 5.73 Å². The van der Waals surface area contributed by atoms with Crippen molar-refractivity contribution in [2.45, 2.75) is 45.6 Å². The lowest BCUT2D eigenvalue weighted by atomic mass is 9.91. The number of benzene rings is 2. The van der Waals surface area contributed by atoms with Crippen molar-refractivity contribution < 1.29 is 14.0 Å². The minimum absolute atomic E-state index is 0.0694. The van der Waals surface area contributed by atoms with Gasteiger partial charge in [0.15, 0.2) is 5.78 Å². The van der Waals surface area contributed by atoms with Gasteiger partial charge in [0, 0.05) is 73.9 Å². The number of rotatable bonds is 8. The molecule has 3 heterocycles. The number of aromatic nitrogens is 2. The smallest absolute Gasteiger partial charge is 0.250 e. The third-order valence-corrected chi connectivity index (χ3v) is 7.25. The molecule has 0 fully saturated rings. The molecule has 2 N–H and O–H groups in total. The molecule has 2 aliphatic rings. The number of imidazole rings is 1. The largest absolute Gasteiger partial charge is 0.387 e. The predicted octanol–water partition coefficient (Wildman–Crippen LogP) is 4.88. The lowest BCUT2D eigenvalue weighted by Gasteiger charge is -2.22. The number of aryl methyl sites for hydroxylation is 1. The average molecular weight is 541 g/mol. The summed E-state index contributed by atoms with van der Waals surface area (Å²) in [7, 11) is 1.89. The highest BCUT2D eigenvalue weighted by molar-refractivity contribution is 6.10. The second-order valence-corrected chi connectivity index (χ2v) is 10.3. The highest BCUT2D eigenvalue weighted by atomic mass is 19.1. The van der Waals surface area contributed by atoms with Crippen molar-refractivity contribution in [3.63, 3.8) is 0 Å². The molecule has 0 radical (unpaired) electrons. The number of aliphatic imine (C=N–C) groups is 2. The van der Waals surface area contributed by atoms with Gasteiger partial charge in [0.25, 0.3) is 0 Å². The van der Waals surface area contributed by atoms with Gasteiger partial charge in [0.05, 0.1) is 5.69 Å². The molecule has 0 bridgehead atoms. The first-order valence-electron chi connectivity index (χ1n) is 13.6. The van der Waals surface area contributed by atoms with E-state index in [1.807, 2.05) is 37.7 Å². The molecule has 8 nitrogen and oxygen atoms in total. The van der Waals surface area contributed by atoms with Gasteiger partial charge < -0.3 is 15.2 Å². The minimum Gasteiger partial charge on any atom is -0.387 e. The van der Waals surface area contributed by atoms with Crippen LogP contribution in [0.25, 0.3) is 17.2 Å². The monoisotopic (exact) mass is 540 g/mol. The summed E-state index contributed by atoms with van der Waals surface area (Å²) in [5.41, 5.74) is 9.80. The molecule has 3 aromatic rings. The number of amides is 1. The standard InChI is InChI=1S/C31H33FN6O2/c1-4-9-38(10-5-2)31(40)21-13-24-25(32)14-20(15-26(24)36-28(33)16-21)19-6-7-23-22(12-19)18-35-27(30(23)39)17-29-34-8-11-37(29)3/h6-8,11-15,18,27H,4-5,9-10,16-17H2,1-3H3,(H2,33,36). The third-order valence-electron chi connectivity index (χ3n) is 7.25. The van der Waals surface area contributed by atoms with E-state index in [9.17, 15) is 9.59 Å². The Kier molecular flexibility index (Phi) is 7.73. The summed E-state index contributed by atoms with van der Waals surface area (Å²) in [6.07, 6.45) is 9.06. The quantitative estimate of drug-likeness (QED) is 0.440. The number of hydrogen-bond acceptors (Lipinski definition) is 6. The van der Waals surface area contributed by atoms with Crippen LogP contribution in [0.2, 0.25) is 0 Å². The Morgan fingerprint density at radius 3 is 2.62 bits per heavy atom. The van der Waals surface area contributed by atoms with E-state index in [4.69, 9.17) is 5.73 Å². The topological polar surface area (TPSA) is 106 Å². The van der Waals surface area contributed by atoms with Crippen molar-refractivity contribution in [2.75, 3.05) is 13.1 Å². The van der Waals surface area contributed by atoms with Crippen LogP contribution in [0.5, 0.6) is 0 Å². The Morgan fingerprint density at radius 2 is 1.93 bits per heavy atom. The molecule has 2 aliphatic heterocycles. The van der Waals surface area contributed by atoms with Crippen LogP contribution >= 0.6 is 0 Å². The summed E-state index contributed by atoms with van der Waals surface area (Å²) in [5.74, 6) is 0.340. The molecule has 0 aliphatic carbocycles. The molecule has 0 saturated heterocycles. The van der Waals surface area contributed by atoms with E-state index in [0.29, 0.717) is 47.5 Å². The summed E-state index contributed by atoms with van der Waals surface area (Å²) in [5, 5.41) is 0. The van der Waals surface area contributed by atoms with Crippen LogP contribution in [-0.4, -0.2) is 57.3 Å². The summed E-state index contributed by atoms with van der Waals surface area (Å²) >= 11 is 0. The molecule has 40 heavy (non-hydrogen) atoms. The van der Waals surface area contributed by atoms with Crippen molar-refractivity contribution in [3.8, 4) is 11.1 Å². The second-order valence-electron chi connectivity index (χ2n) is 10.3. The van der Waals surface area contributed by atoms with Crippen LogP contribution in [-0.2, 0) is 18.3 Å². The van der Waals surface area contributed by atoms with Crippen molar-refractivity contribution in [1.29, 1.82) is 0 Å². The lowest BCUT2D eigenvalue weighted by molar-refractivity contribution is -0.127. The molecule has 9 heteroatoms. The maximum absolute atomic E-state index is 15.6. The SMILES string of the molecule is CCCN(CCC)C(=O)C1=Cc2c(F)cc(-c3ccc4c(c3)C=NC(Cc3nccn3C)C4=O)cc2N=C(N)C1. The Bertz CT molecular complexity index is 1560. The van der Waals surface area contributed by atoms with Gasteiger partial charge in [-0.15, -0.1) is 0 Å². The van der Waals surface area contributed by atoms with E-state index in [-0.39, 0.29) is 29.5 Å². The molecular formula is C31H33FN6O2.